The lowest BCUT2D eigenvalue weighted by atomic mass is 9.71. The number of fused-ring (bicyclic) bond motifs is 1. The third kappa shape index (κ3) is 6.89. The van der Waals surface area contributed by atoms with Gasteiger partial charge in [-0.3, -0.25) is 9.36 Å². The average molecular weight is 563 g/mol. The zero-order chi connectivity index (χ0) is 29.1. The van der Waals surface area contributed by atoms with Crippen LogP contribution in [0.3, 0.4) is 0 Å². The lowest BCUT2D eigenvalue weighted by molar-refractivity contribution is 0.168. The Morgan fingerprint density at radius 1 is 1.24 bits per heavy atom. The zero-order valence-corrected chi connectivity index (χ0v) is 24.9. The molecule has 2 heterocycles. The van der Waals surface area contributed by atoms with Gasteiger partial charge in [-0.25, -0.2) is 14.4 Å². The molecule has 1 aliphatic heterocycles. The van der Waals surface area contributed by atoms with E-state index in [9.17, 15) is 9.18 Å². The van der Waals surface area contributed by atoms with Crippen LogP contribution in [0.4, 0.5) is 10.1 Å². The van der Waals surface area contributed by atoms with E-state index in [-0.39, 0.29) is 17.4 Å². The van der Waals surface area contributed by atoms with Gasteiger partial charge >= 0.3 is 0 Å². The molecular formula is C32H43FN6O2. The van der Waals surface area contributed by atoms with Crippen LogP contribution in [0.5, 0.6) is 5.75 Å². The Kier molecular flexibility index (Phi) is 8.63. The summed E-state index contributed by atoms with van der Waals surface area (Å²) in [7, 11) is 1.51. The first-order valence-corrected chi connectivity index (χ1v) is 14.8. The molecule has 0 radical (unpaired) electrons. The number of methoxy groups -OCH3 is 1. The van der Waals surface area contributed by atoms with Crippen LogP contribution in [-0.2, 0) is 13.0 Å². The summed E-state index contributed by atoms with van der Waals surface area (Å²) < 4.78 is 21.0. The van der Waals surface area contributed by atoms with Gasteiger partial charge in [0.05, 0.1) is 30.4 Å². The van der Waals surface area contributed by atoms with Gasteiger partial charge in [0.1, 0.15) is 11.6 Å². The number of nitrogens with zero attached hydrogens (tertiary/aromatic N) is 4. The smallest absolute Gasteiger partial charge is 0.261 e. The third-order valence-corrected chi connectivity index (χ3v) is 8.57. The predicted molar refractivity (Wildman–Crippen MR) is 163 cm³/mol. The molecular weight excluding hydrogens is 519 g/mol. The minimum Gasteiger partial charge on any atom is -0.497 e. The highest BCUT2D eigenvalue weighted by molar-refractivity contribution is 5.96. The SMILES string of the molecule is COc1ccc(CCn2cnc3cc(NC(=N[C@H]4CCC(C)(C)C[C@@H]4C)N4CCN[C@@H](C)C4)ccc3c2=O)c(F)c1. The number of aryl methyl sites for hydroxylation is 2. The molecule has 0 unspecified atom stereocenters. The lowest BCUT2D eigenvalue weighted by Gasteiger charge is -2.39. The van der Waals surface area contributed by atoms with Gasteiger partial charge in [-0.15, -0.1) is 0 Å². The van der Waals surface area contributed by atoms with Crippen LogP contribution in [0.15, 0.2) is 52.5 Å². The minimum atomic E-state index is -0.343. The molecule has 2 N–H and O–H groups in total. The van der Waals surface area contributed by atoms with Crippen LogP contribution in [0, 0.1) is 17.2 Å². The Balaban J connectivity index is 1.36. The van der Waals surface area contributed by atoms with Gasteiger partial charge in [-0.2, -0.15) is 0 Å². The molecule has 0 amide bonds. The number of piperazine rings is 1. The lowest BCUT2D eigenvalue weighted by Crippen LogP contribution is -2.53. The van der Waals surface area contributed by atoms with Crippen LogP contribution in [0.2, 0.25) is 0 Å². The molecule has 9 heteroatoms. The monoisotopic (exact) mass is 562 g/mol. The van der Waals surface area contributed by atoms with Crippen LogP contribution in [0.1, 0.15) is 52.5 Å². The molecule has 0 spiro atoms. The second-order valence-electron chi connectivity index (χ2n) is 12.5. The molecule has 220 valence electrons. The molecule has 1 aromatic heterocycles. The number of benzene rings is 2. The van der Waals surface area contributed by atoms with Crippen LogP contribution >= 0.6 is 0 Å². The second kappa shape index (κ2) is 12.2. The summed E-state index contributed by atoms with van der Waals surface area (Å²) in [6.45, 7) is 12.2. The van der Waals surface area contributed by atoms with Crippen molar-refractivity contribution in [1.82, 2.24) is 19.8 Å². The average Bonchev–Trinajstić information content (AvgIpc) is 2.94. The largest absolute Gasteiger partial charge is 0.497 e. The number of halogens is 1. The van der Waals surface area contributed by atoms with E-state index < -0.39 is 0 Å². The van der Waals surface area contributed by atoms with Crippen molar-refractivity contribution in [2.45, 2.75) is 72.0 Å². The third-order valence-electron chi connectivity index (χ3n) is 8.57. The van der Waals surface area contributed by atoms with E-state index in [4.69, 9.17) is 9.73 Å². The number of rotatable bonds is 6. The highest BCUT2D eigenvalue weighted by Gasteiger charge is 2.33. The highest BCUT2D eigenvalue weighted by Crippen LogP contribution is 2.40. The van der Waals surface area contributed by atoms with E-state index in [0.717, 1.165) is 37.7 Å². The van der Waals surface area contributed by atoms with E-state index in [1.807, 2.05) is 18.2 Å². The fourth-order valence-electron chi connectivity index (χ4n) is 6.22. The molecule has 3 aromatic rings. The van der Waals surface area contributed by atoms with E-state index in [1.54, 1.807) is 23.0 Å². The second-order valence-corrected chi connectivity index (χ2v) is 12.5. The Bertz CT molecular complexity index is 1470. The topological polar surface area (TPSA) is 83.8 Å². The van der Waals surface area contributed by atoms with Gasteiger partial charge in [-0.1, -0.05) is 26.8 Å². The van der Waals surface area contributed by atoms with Gasteiger partial charge in [0, 0.05) is 44.0 Å². The number of aliphatic imine (C=N–C) groups is 1. The summed E-state index contributed by atoms with van der Waals surface area (Å²) in [6, 6.07) is 11.1. The number of guanidine groups is 1. The summed E-state index contributed by atoms with van der Waals surface area (Å²) >= 11 is 0. The first kappa shape index (κ1) is 29.0. The van der Waals surface area contributed by atoms with E-state index in [2.05, 4.69) is 48.2 Å². The van der Waals surface area contributed by atoms with Crippen molar-refractivity contribution in [2.24, 2.45) is 16.3 Å². The number of anilines is 1. The van der Waals surface area contributed by atoms with Crippen molar-refractivity contribution in [3.8, 4) is 5.75 Å². The van der Waals surface area contributed by atoms with Crippen molar-refractivity contribution in [3.05, 3.63) is 64.5 Å². The Labute approximate surface area is 242 Å². The van der Waals surface area contributed by atoms with Crippen LogP contribution in [-0.4, -0.2) is 59.2 Å². The molecule has 1 saturated carbocycles. The maximum absolute atomic E-state index is 14.4. The van der Waals surface area contributed by atoms with Crippen molar-refractivity contribution < 1.29 is 9.13 Å². The zero-order valence-electron chi connectivity index (χ0n) is 24.9. The molecule has 2 aromatic carbocycles. The summed E-state index contributed by atoms with van der Waals surface area (Å²) in [5.74, 6) is 1.53. The van der Waals surface area contributed by atoms with E-state index >= 15 is 0 Å². The van der Waals surface area contributed by atoms with Crippen molar-refractivity contribution >= 4 is 22.5 Å². The molecule has 1 saturated heterocycles. The Hall–Kier alpha value is -3.46. The van der Waals surface area contributed by atoms with Crippen LogP contribution < -0.4 is 20.9 Å². The number of hydrogen-bond donors (Lipinski definition) is 2. The quantitative estimate of drug-likeness (QED) is 0.323. The molecule has 2 fully saturated rings. The number of ether oxygens (including phenoxy) is 1. The summed E-state index contributed by atoms with van der Waals surface area (Å²) in [4.78, 5) is 25.5. The predicted octanol–water partition coefficient (Wildman–Crippen LogP) is 5.06. The van der Waals surface area contributed by atoms with Crippen molar-refractivity contribution in [3.63, 3.8) is 0 Å². The molecule has 5 rings (SSSR count). The fourth-order valence-corrected chi connectivity index (χ4v) is 6.22. The molecule has 3 atom stereocenters. The van der Waals surface area contributed by atoms with Crippen molar-refractivity contribution in [2.75, 3.05) is 32.1 Å². The number of hydrogen-bond acceptors (Lipinski definition) is 5. The standard InChI is InChI=1S/C32H43FN6O2/c1-21-18-32(3,4)12-10-28(21)37-31(38-15-13-34-22(2)19-38)36-24-7-9-26-29(16-24)35-20-39(30(26)40)14-11-23-6-8-25(41-5)17-27(23)33/h6-9,16-17,20-22,28,34H,10-15,18-19H2,1-5H3,(H,36,37)/t21-,22-,28-/m0/s1. The fraction of sp³-hybridized carbons (Fsp3) is 0.531. The molecule has 1 aliphatic carbocycles. The van der Waals surface area contributed by atoms with E-state index in [0.29, 0.717) is 52.6 Å². The maximum atomic E-state index is 14.4. The summed E-state index contributed by atoms with van der Waals surface area (Å²) in [6.07, 6.45) is 5.36. The van der Waals surface area contributed by atoms with Crippen molar-refractivity contribution in [1.29, 1.82) is 0 Å². The van der Waals surface area contributed by atoms with Gasteiger partial charge in [0.2, 0.25) is 0 Å². The Morgan fingerprint density at radius 3 is 2.80 bits per heavy atom. The molecule has 0 bridgehead atoms. The molecule has 41 heavy (non-hydrogen) atoms. The maximum Gasteiger partial charge on any atom is 0.261 e. The summed E-state index contributed by atoms with van der Waals surface area (Å²) in [5.41, 5.74) is 2.23. The first-order valence-electron chi connectivity index (χ1n) is 14.8. The van der Waals surface area contributed by atoms with Gasteiger partial charge < -0.3 is 20.3 Å². The molecule has 2 aliphatic rings. The van der Waals surface area contributed by atoms with Crippen LogP contribution in [0.25, 0.3) is 10.9 Å². The van der Waals surface area contributed by atoms with E-state index in [1.165, 1.54) is 26.0 Å². The summed E-state index contributed by atoms with van der Waals surface area (Å²) in [5, 5.41) is 7.65. The van der Waals surface area contributed by atoms with Gasteiger partial charge in [0.25, 0.3) is 5.56 Å². The Morgan fingerprint density at radius 2 is 2.07 bits per heavy atom. The van der Waals surface area contributed by atoms with Gasteiger partial charge in [-0.05, 0) is 73.8 Å². The highest BCUT2D eigenvalue weighted by atomic mass is 19.1. The normalized spacial score (nSPS) is 23.0. The number of aromatic nitrogens is 2. The minimum absolute atomic E-state index is 0.140. The molecule has 8 nitrogen and oxygen atoms in total. The van der Waals surface area contributed by atoms with Gasteiger partial charge in [0.15, 0.2) is 5.96 Å². The first-order chi connectivity index (χ1) is 19.6. The number of nitrogens with one attached hydrogen (secondary N) is 2.